The zero-order valence-corrected chi connectivity index (χ0v) is 18.1. The van der Waals surface area contributed by atoms with Crippen LogP contribution in [0.3, 0.4) is 0 Å². The highest BCUT2D eigenvalue weighted by Gasteiger charge is 2.28. The molecule has 29 heavy (non-hydrogen) atoms. The standard InChI is InChI=1S/C21H35N5O3/c1-5-22-20(24-16-21(3,4)26-10-13-28-14-11-26)23-9-12-29-19-8-6-7-18(15-19)25-17(2)27/h6-8,15H,5,9-14,16H2,1-4H3,(H,25,27)(H2,22,23,24). The third kappa shape index (κ3) is 8.29. The summed E-state index contributed by atoms with van der Waals surface area (Å²) in [6.45, 7) is 14.0. The molecule has 0 aliphatic carbocycles. The highest BCUT2D eigenvalue weighted by Crippen LogP contribution is 2.17. The van der Waals surface area contributed by atoms with Gasteiger partial charge in [0.15, 0.2) is 5.96 Å². The fourth-order valence-electron chi connectivity index (χ4n) is 3.09. The molecule has 1 aromatic carbocycles. The number of hydrogen-bond donors (Lipinski definition) is 3. The number of guanidine groups is 1. The van der Waals surface area contributed by atoms with E-state index in [0.717, 1.165) is 44.5 Å². The molecule has 3 N–H and O–H groups in total. The second-order valence-corrected chi connectivity index (χ2v) is 7.59. The van der Waals surface area contributed by atoms with E-state index in [0.29, 0.717) is 25.4 Å². The van der Waals surface area contributed by atoms with Gasteiger partial charge in [-0.3, -0.25) is 14.7 Å². The molecule has 0 saturated carbocycles. The number of benzene rings is 1. The van der Waals surface area contributed by atoms with Crippen LogP contribution < -0.4 is 20.7 Å². The SMILES string of the molecule is CCNC(=NCC(C)(C)N1CCOCC1)NCCOc1cccc(NC(C)=O)c1. The zero-order valence-electron chi connectivity index (χ0n) is 18.1. The largest absolute Gasteiger partial charge is 0.492 e. The molecule has 2 rings (SSSR count). The van der Waals surface area contributed by atoms with Gasteiger partial charge in [0, 0.05) is 43.9 Å². The van der Waals surface area contributed by atoms with E-state index in [1.54, 1.807) is 0 Å². The summed E-state index contributed by atoms with van der Waals surface area (Å²) in [4.78, 5) is 18.3. The van der Waals surface area contributed by atoms with Crippen molar-refractivity contribution in [3.8, 4) is 5.75 Å². The predicted octanol–water partition coefficient (Wildman–Crippen LogP) is 1.69. The van der Waals surface area contributed by atoms with Crippen molar-refractivity contribution in [2.45, 2.75) is 33.2 Å². The zero-order chi connectivity index (χ0) is 21.1. The molecule has 1 fully saturated rings. The fourth-order valence-corrected chi connectivity index (χ4v) is 3.09. The number of ether oxygens (including phenoxy) is 2. The van der Waals surface area contributed by atoms with E-state index in [-0.39, 0.29) is 11.4 Å². The molecule has 0 bridgehead atoms. The number of carbonyl (C=O) groups is 1. The maximum Gasteiger partial charge on any atom is 0.221 e. The quantitative estimate of drug-likeness (QED) is 0.329. The Hall–Kier alpha value is -2.32. The van der Waals surface area contributed by atoms with Gasteiger partial charge in [0.25, 0.3) is 0 Å². The Kier molecular flexibility index (Phi) is 9.21. The van der Waals surface area contributed by atoms with Gasteiger partial charge in [0.1, 0.15) is 12.4 Å². The Bertz CT molecular complexity index is 672. The molecule has 0 spiro atoms. The molecular formula is C21H35N5O3. The maximum atomic E-state index is 11.2. The van der Waals surface area contributed by atoms with Crippen molar-refractivity contribution in [1.29, 1.82) is 0 Å². The van der Waals surface area contributed by atoms with Crippen molar-refractivity contribution < 1.29 is 14.3 Å². The minimum Gasteiger partial charge on any atom is -0.492 e. The summed E-state index contributed by atoms with van der Waals surface area (Å²) >= 11 is 0. The summed E-state index contributed by atoms with van der Waals surface area (Å²) in [6, 6.07) is 7.37. The lowest BCUT2D eigenvalue weighted by atomic mass is 10.0. The van der Waals surface area contributed by atoms with Gasteiger partial charge in [-0.25, -0.2) is 0 Å². The number of carbonyl (C=O) groups excluding carboxylic acids is 1. The van der Waals surface area contributed by atoms with Crippen molar-refractivity contribution in [1.82, 2.24) is 15.5 Å². The van der Waals surface area contributed by atoms with Gasteiger partial charge in [-0.05, 0) is 32.9 Å². The molecule has 1 saturated heterocycles. The van der Waals surface area contributed by atoms with E-state index in [1.807, 2.05) is 31.2 Å². The van der Waals surface area contributed by atoms with Crippen molar-refractivity contribution in [3.63, 3.8) is 0 Å². The third-order valence-electron chi connectivity index (χ3n) is 4.65. The summed E-state index contributed by atoms with van der Waals surface area (Å²) in [5.41, 5.74) is 0.704. The van der Waals surface area contributed by atoms with E-state index < -0.39 is 0 Å². The Balaban J connectivity index is 1.81. The number of aliphatic imine (C=N–C) groups is 1. The molecule has 162 valence electrons. The summed E-state index contributed by atoms with van der Waals surface area (Å²) in [7, 11) is 0. The van der Waals surface area contributed by atoms with Crippen molar-refractivity contribution in [2.75, 3.05) is 57.9 Å². The Morgan fingerprint density at radius 2 is 2.03 bits per heavy atom. The van der Waals surface area contributed by atoms with E-state index in [1.165, 1.54) is 6.92 Å². The van der Waals surface area contributed by atoms with Gasteiger partial charge >= 0.3 is 0 Å². The number of nitrogens with one attached hydrogen (secondary N) is 3. The Morgan fingerprint density at radius 1 is 1.28 bits per heavy atom. The van der Waals surface area contributed by atoms with Crippen LogP contribution in [0.5, 0.6) is 5.75 Å². The molecule has 1 amide bonds. The number of morpholine rings is 1. The van der Waals surface area contributed by atoms with Crippen molar-refractivity contribution in [2.24, 2.45) is 4.99 Å². The van der Waals surface area contributed by atoms with Crippen LogP contribution >= 0.6 is 0 Å². The first-order chi connectivity index (χ1) is 13.9. The molecule has 8 heteroatoms. The van der Waals surface area contributed by atoms with Crippen LogP contribution in [0.25, 0.3) is 0 Å². The minimum atomic E-state index is -0.102. The van der Waals surface area contributed by atoms with E-state index in [9.17, 15) is 4.79 Å². The average Bonchev–Trinajstić information content (AvgIpc) is 2.70. The topological polar surface area (TPSA) is 87.2 Å². The lowest BCUT2D eigenvalue weighted by Crippen LogP contribution is -2.52. The summed E-state index contributed by atoms with van der Waals surface area (Å²) in [6.07, 6.45) is 0. The summed E-state index contributed by atoms with van der Waals surface area (Å²) in [5.74, 6) is 1.40. The molecule has 0 radical (unpaired) electrons. The maximum absolute atomic E-state index is 11.2. The van der Waals surface area contributed by atoms with Gasteiger partial charge in [-0.1, -0.05) is 6.07 Å². The van der Waals surface area contributed by atoms with Crippen LogP contribution in [-0.4, -0.2) is 74.8 Å². The van der Waals surface area contributed by atoms with E-state index in [4.69, 9.17) is 14.5 Å². The average molecular weight is 406 g/mol. The van der Waals surface area contributed by atoms with Crippen LogP contribution in [0.15, 0.2) is 29.3 Å². The highest BCUT2D eigenvalue weighted by molar-refractivity contribution is 5.88. The smallest absolute Gasteiger partial charge is 0.221 e. The van der Waals surface area contributed by atoms with Crippen LogP contribution in [0, 0.1) is 0 Å². The Morgan fingerprint density at radius 3 is 2.72 bits per heavy atom. The molecule has 1 heterocycles. The number of amides is 1. The lowest BCUT2D eigenvalue weighted by Gasteiger charge is -2.39. The normalized spacial score (nSPS) is 15.7. The van der Waals surface area contributed by atoms with E-state index >= 15 is 0 Å². The van der Waals surface area contributed by atoms with Gasteiger partial charge in [0.2, 0.25) is 5.91 Å². The minimum absolute atomic E-state index is 0.0210. The van der Waals surface area contributed by atoms with Crippen molar-refractivity contribution >= 4 is 17.6 Å². The van der Waals surface area contributed by atoms with Crippen LogP contribution in [0.1, 0.15) is 27.7 Å². The molecular weight excluding hydrogens is 370 g/mol. The first-order valence-electron chi connectivity index (χ1n) is 10.3. The molecule has 1 aliphatic rings. The van der Waals surface area contributed by atoms with Gasteiger partial charge < -0.3 is 25.4 Å². The van der Waals surface area contributed by atoms with Crippen LogP contribution in [-0.2, 0) is 9.53 Å². The Labute approximate surface area is 174 Å². The molecule has 0 atom stereocenters. The van der Waals surface area contributed by atoms with Gasteiger partial charge in [-0.2, -0.15) is 0 Å². The second-order valence-electron chi connectivity index (χ2n) is 7.59. The molecule has 1 aromatic rings. The van der Waals surface area contributed by atoms with Crippen LogP contribution in [0.2, 0.25) is 0 Å². The number of nitrogens with zero attached hydrogens (tertiary/aromatic N) is 2. The van der Waals surface area contributed by atoms with Gasteiger partial charge in [0.05, 0.1) is 26.3 Å². The van der Waals surface area contributed by atoms with Crippen LogP contribution in [0.4, 0.5) is 5.69 Å². The fraction of sp³-hybridized carbons (Fsp3) is 0.619. The van der Waals surface area contributed by atoms with Gasteiger partial charge in [-0.15, -0.1) is 0 Å². The molecule has 1 aliphatic heterocycles. The van der Waals surface area contributed by atoms with Crippen molar-refractivity contribution in [3.05, 3.63) is 24.3 Å². The first kappa shape index (κ1) is 23.0. The molecule has 0 unspecified atom stereocenters. The molecule has 0 aromatic heterocycles. The monoisotopic (exact) mass is 405 g/mol. The third-order valence-corrected chi connectivity index (χ3v) is 4.65. The first-order valence-corrected chi connectivity index (χ1v) is 10.3. The number of rotatable bonds is 9. The summed E-state index contributed by atoms with van der Waals surface area (Å²) in [5, 5.41) is 9.35. The summed E-state index contributed by atoms with van der Waals surface area (Å²) < 4.78 is 11.2. The highest BCUT2D eigenvalue weighted by atomic mass is 16.5. The lowest BCUT2D eigenvalue weighted by molar-refractivity contribution is -0.114. The second kappa shape index (κ2) is 11.6. The molecule has 8 nitrogen and oxygen atoms in total. The number of hydrogen-bond acceptors (Lipinski definition) is 5. The van der Waals surface area contributed by atoms with E-state index in [2.05, 4.69) is 34.7 Å². The number of anilines is 1. The predicted molar refractivity (Wildman–Crippen MR) is 117 cm³/mol.